The first kappa shape index (κ1) is 16.5. The minimum absolute atomic E-state index is 0.159. The second-order valence-electron chi connectivity index (χ2n) is 6.00. The van der Waals surface area contributed by atoms with E-state index in [0.29, 0.717) is 28.7 Å². The van der Waals surface area contributed by atoms with Crippen LogP contribution in [0, 0.1) is 0 Å². The van der Waals surface area contributed by atoms with Gasteiger partial charge in [0.25, 0.3) is 5.91 Å². The second kappa shape index (κ2) is 6.72. The number of fused-ring (bicyclic) bond motifs is 1. The lowest BCUT2D eigenvalue weighted by atomic mass is 10.1. The molecule has 0 saturated carbocycles. The van der Waals surface area contributed by atoms with Gasteiger partial charge in [-0.25, -0.2) is 0 Å². The zero-order valence-electron chi connectivity index (χ0n) is 14.0. The second-order valence-corrected chi connectivity index (χ2v) is 6.40. The van der Waals surface area contributed by atoms with Crippen LogP contribution in [-0.2, 0) is 6.54 Å². The smallest absolute Gasteiger partial charge is 0.271 e. The van der Waals surface area contributed by atoms with Crippen LogP contribution in [0.1, 0.15) is 16.1 Å². The number of carbonyl (C=O) groups is 1. The zero-order valence-corrected chi connectivity index (χ0v) is 14.8. The highest BCUT2D eigenvalue weighted by molar-refractivity contribution is 6.33. The van der Waals surface area contributed by atoms with Gasteiger partial charge in [0, 0.05) is 19.2 Å². The number of carbonyl (C=O) groups excluding carboxylic acids is 1. The number of aromatic nitrogens is 2. The molecule has 0 atom stereocenters. The van der Waals surface area contributed by atoms with E-state index in [1.807, 2.05) is 36.4 Å². The maximum absolute atomic E-state index is 12.7. The topological polar surface area (TPSA) is 67.5 Å². The molecule has 0 saturated heterocycles. The van der Waals surface area contributed by atoms with Crippen LogP contribution in [0.2, 0.25) is 5.02 Å². The van der Waals surface area contributed by atoms with Crippen molar-refractivity contribution in [3.63, 3.8) is 0 Å². The van der Waals surface area contributed by atoms with Crippen LogP contribution in [0.5, 0.6) is 11.5 Å². The lowest BCUT2D eigenvalue weighted by Crippen LogP contribution is -2.26. The van der Waals surface area contributed by atoms with E-state index in [0.717, 1.165) is 16.9 Å². The van der Waals surface area contributed by atoms with Crippen molar-refractivity contribution < 1.29 is 14.3 Å². The van der Waals surface area contributed by atoms with Gasteiger partial charge >= 0.3 is 0 Å². The average molecular weight is 370 g/mol. The fourth-order valence-corrected chi connectivity index (χ4v) is 3.06. The van der Waals surface area contributed by atoms with Gasteiger partial charge in [-0.2, -0.15) is 5.10 Å². The molecular formula is C19H16ClN3O3. The summed E-state index contributed by atoms with van der Waals surface area (Å²) in [7, 11) is 1.74. The normalized spacial score (nSPS) is 12.2. The standard InChI is InChI=1S/C19H16ClN3O3/c1-23(10-12-6-7-17-18(8-12)26-11-25-17)19(24)16-9-15(21-22-16)13-4-2-3-5-14(13)20/h2-9H,10-11H2,1H3,(H,21,22). The van der Waals surface area contributed by atoms with E-state index in [4.69, 9.17) is 21.1 Å². The van der Waals surface area contributed by atoms with Crippen LogP contribution in [0.25, 0.3) is 11.3 Å². The van der Waals surface area contributed by atoms with Crippen molar-refractivity contribution in [1.29, 1.82) is 0 Å². The zero-order chi connectivity index (χ0) is 18.1. The van der Waals surface area contributed by atoms with Gasteiger partial charge in [0.2, 0.25) is 6.79 Å². The SMILES string of the molecule is CN(Cc1ccc2c(c1)OCO2)C(=O)c1cc(-c2ccccc2Cl)n[nH]1. The Labute approximate surface area is 155 Å². The Balaban J connectivity index is 1.50. The van der Waals surface area contributed by atoms with E-state index in [-0.39, 0.29) is 12.7 Å². The molecule has 3 aromatic rings. The molecule has 4 rings (SSSR count). The third-order valence-electron chi connectivity index (χ3n) is 4.16. The number of benzene rings is 2. The number of H-pyrrole nitrogens is 1. The van der Waals surface area contributed by atoms with Crippen LogP contribution in [-0.4, -0.2) is 34.8 Å². The van der Waals surface area contributed by atoms with Crippen molar-refractivity contribution in [3.05, 3.63) is 64.8 Å². The Bertz CT molecular complexity index is 970. The van der Waals surface area contributed by atoms with Gasteiger partial charge in [0.15, 0.2) is 11.5 Å². The Morgan fingerprint density at radius 1 is 1.19 bits per heavy atom. The Morgan fingerprint density at radius 2 is 2.00 bits per heavy atom. The number of nitrogens with one attached hydrogen (secondary N) is 1. The van der Waals surface area contributed by atoms with Crippen LogP contribution < -0.4 is 9.47 Å². The van der Waals surface area contributed by atoms with Gasteiger partial charge in [-0.1, -0.05) is 35.9 Å². The molecule has 0 fully saturated rings. The van der Waals surface area contributed by atoms with E-state index in [2.05, 4.69) is 10.2 Å². The molecular weight excluding hydrogens is 354 g/mol. The summed E-state index contributed by atoms with van der Waals surface area (Å²) in [5.41, 5.74) is 2.78. The summed E-state index contributed by atoms with van der Waals surface area (Å²) < 4.78 is 10.7. The molecule has 2 aromatic carbocycles. The molecule has 1 amide bonds. The molecule has 1 aliphatic rings. The summed E-state index contributed by atoms with van der Waals surface area (Å²) in [6, 6.07) is 14.7. The van der Waals surface area contributed by atoms with E-state index >= 15 is 0 Å². The molecule has 26 heavy (non-hydrogen) atoms. The van der Waals surface area contributed by atoms with Crippen molar-refractivity contribution in [2.24, 2.45) is 0 Å². The minimum atomic E-state index is -0.159. The molecule has 0 spiro atoms. The molecule has 132 valence electrons. The van der Waals surface area contributed by atoms with E-state index in [9.17, 15) is 4.79 Å². The van der Waals surface area contributed by atoms with Crippen LogP contribution in [0.3, 0.4) is 0 Å². The molecule has 7 heteroatoms. The van der Waals surface area contributed by atoms with Crippen molar-refractivity contribution >= 4 is 17.5 Å². The first-order chi connectivity index (χ1) is 12.6. The average Bonchev–Trinajstić information content (AvgIpc) is 3.30. The highest BCUT2D eigenvalue weighted by Crippen LogP contribution is 2.33. The molecule has 0 bridgehead atoms. The Kier molecular flexibility index (Phi) is 4.26. The van der Waals surface area contributed by atoms with Gasteiger partial charge < -0.3 is 14.4 Å². The third kappa shape index (κ3) is 3.11. The number of amides is 1. The van der Waals surface area contributed by atoms with Crippen LogP contribution in [0.15, 0.2) is 48.5 Å². The fraction of sp³-hybridized carbons (Fsp3) is 0.158. The first-order valence-corrected chi connectivity index (χ1v) is 8.44. The monoisotopic (exact) mass is 369 g/mol. The predicted octanol–water partition coefficient (Wildman–Crippen LogP) is 3.73. The summed E-state index contributed by atoms with van der Waals surface area (Å²) in [6.07, 6.45) is 0. The molecule has 0 radical (unpaired) electrons. The minimum Gasteiger partial charge on any atom is -0.454 e. The van der Waals surface area contributed by atoms with E-state index < -0.39 is 0 Å². The molecule has 0 unspecified atom stereocenters. The summed E-state index contributed by atoms with van der Waals surface area (Å²) in [6.45, 7) is 0.669. The molecule has 6 nitrogen and oxygen atoms in total. The number of rotatable bonds is 4. The summed E-state index contributed by atoms with van der Waals surface area (Å²) >= 11 is 6.19. The third-order valence-corrected chi connectivity index (χ3v) is 4.49. The maximum Gasteiger partial charge on any atom is 0.271 e. The van der Waals surface area contributed by atoms with E-state index in [1.54, 1.807) is 24.1 Å². The summed E-state index contributed by atoms with van der Waals surface area (Å²) in [5.74, 6) is 1.26. The van der Waals surface area contributed by atoms with Crippen molar-refractivity contribution in [2.75, 3.05) is 13.8 Å². The number of hydrogen-bond donors (Lipinski definition) is 1. The lowest BCUT2D eigenvalue weighted by Gasteiger charge is -2.16. The highest BCUT2D eigenvalue weighted by atomic mass is 35.5. The number of nitrogens with zero attached hydrogens (tertiary/aromatic N) is 2. The quantitative estimate of drug-likeness (QED) is 0.760. The van der Waals surface area contributed by atoms with E-state index in [1.165, 1.54) is 0 Å². The number of hydrogen-bond acceptors (Lipinski definition) is 4. The predicted molar refractivity (Wildman–Crippen MR) is 97.4 cm³/mol. The number of ether oxygens (including phenoxy) is 2. The van der Waals surface area contributed by atoms with Gasteiger partial charge in [0.05, 0.1) is 10.7 Å². The molecule has 0 aliphatic carbocycles. The largest absolute Gasteiger partial charge is 0.454 e. The molecule has 2 heterocycles. The van der Waals surface area contributed by atoms with Crippen molar-refractivity contribution in [2.45, 2.75) is 6.54 Å². The maximum atomic E-state index is 12.7. The van der Waals surface area contributed by atoms with Crippen molar-refractivity contribution in [1.82, 2.24) is 15.1 Å². The molecule has 1 aromatic heterocycles. The summed E-state index contributed by atoms with van der Waals surface area (Å²) in [4.78, 5) is 14.3. The van der Waals surface area contributed by atoms with Crippen molar-refractivity contribution in [3.8, 4) is 22.8 Å². The molecule has 1 N–H and O–H groups in total. The Hall–Kier alpha value is -2.99. The van der Waals surface area contributed by atoms with Gasteiger partial charge in [0.1, 0.15) is 5.69 Å². The number of aromatic amines is 1. The Morgan fingerprint density at radius 3 is 2.85 bits per heavy atom. The lowest BCUT2D eigenvalue weighted by molar-refractivity contribution is 0.0779. The number of halogens is 1. The highest BCUT2D eigenvalue weighted by Gasteiger charge is 2.18. The first-order valence-electron chi connectivity index (χ1n) is 8.06. The van der Waals surface area contributed by atoms with Gasteiger partial charge in [-0.3, -0.25) is 9.89 Å². The van der Waals surface area contributed by atoms with Crippen LogP contribution in [0.4, 0.5) is 0 Å². The molecule has 1 aliphatic heterocycles. The van der Waals surface area contributed by atoms with Crippen LogP contribution >= 0.6 is 11.6 Å². The fourth-order valence-electron chi connectivity index (χ4n) is 2.83. The van der Waals surface area contributed by atoms with Gasteiger partial charge in [-0.15, -0.1) is 0 Å². The summed E-state index contributed by atoms with van der Waals surface area (Å²) in [5, 5.41) is 7.60. The van der Waals surface area contributed by atoms with Gasteiger partial charge in [-0.05, 0) is 29.8 Å².